The van der Waals surface area contributed by atoms with Gasteiger partial charge in [-0.05, 0) is 25.8 Å². The molecule has 0 unspecified atom stereocenters. The smallest absolute Gasteiger partial charge is 0.270 e. The number of alkyl halides is 2. The summed E-state index contributed by atoms with van der Waals surface area (Å²) in [5, 5.41) is 2.80. The number of hydrogen-bond donors (Lipinski definition) is 1. The van der Waals surface area contributed by atoms with Crippen molar-refractivity contribution in [1.29, 1.82) is 0 Å². The molecule has 3 rings (SSSR count). The standard InChI is InChI=1S/C16H19F2N5O/c1-10-7-12(22-14(20-10)13-8-19-9-23(13)2)15(24)21-11-3-5-16(17,18)6-4-11/h7-9,11H,3-6H2,1-2H3,(H,21,24). The predicted octanol–water partition coefficient (Wildman–Crippen LogP) is 2.49. The van der Waals surface area contributed by atoms with Crippen LogP contribution in [0, 0.1) is 6.92 Å². The Hall–Kier alpha value is -2.38. The van der Waals surface area contributed by atoms with Crippen molar-refractivity contribution in [2.75, 3.05) is 0 Å². The monoisotopic (exact) mass is 335 g/mol. The molecular formula is C16H19F2N5O. The van der Waals surface area contributed by atoms with E-state index in [0.717, 1.165) is 0 Å². The van der Waals surface area contributed by atoms with Gasteiger partial charge in [0.15, 0.2) is 5.82 Å². The molecule has 1 fully saturated rings. The molecule has 2 aromatic heterocycles. The minimum Gasteiger partial charge on any atom is -0.348 e. The Kier molecular flexibility index (Phi) is 4.29. The molecule has 1 amide bonds. The minimum absolute atomic E-state index is 0.193. The summed E-state index contributed by atoms with van der Waals surface area (Å²) in [6.07, 6.45) is 3.42. The fourth-order valence-corrected chi connectivity index (χ4v) is 2.82. The zero-order valence-corrected chi connectivity index (χ0v) is 13.6. The fourth-order valence-electron chi connectivity index (χ4n) is 2.82. The molecule has 0 aliphatic heterocycles. The molecule has 0 bridgehead atoms. The van der Waals surface area contributed by atoms with Crippen LogP contribution in [0.5, 0.6) is 0 Å². The van der Waals surface area contributed by atoms with E-state index in [9.17, 15) is 13.6 Å². The lowest BCUT2D eigenvalue weighted by Gasteiger charge is -2.28. The van der Waals surface area contributed by atoms with Crippen molar-refractivity contribution in [2.45, 2.75) is 44.6 Å². The van der Waals surface area contributed by atoms with Gasteiger partial charge in [-0.1, -0.05) is 0 Å². The van der Waals surface area contributed by atoms with Crippen molar-refractivity contribution >= 4 is 5.91 Å². The van der Waals surface area contributed by atoms with Gasteiger partial charge in [-0.15, -0.1) is 0 Å². The van der Waals surface area contributed by atoms with Gasteiger partial charge in [0.25, 0.3) is 5.91 Å². The van der Waals surface area contributed by atoms with Crippen molar-refractivity contribution in [1.82, 2.24) is 24.8 Å². The molecule has 6 nitrogen and oxygen atoms in total. The van der Waals surface area contributed by atoms with Gasteiger partial charge in [-0.2, -0.15) is 0 Å². The average molecular weight is 335 g/mol. The molecule has 0 radical (unpaired) electrons. The minimum atomic E-state index is -2.61. The lowest BCUT2D eigenvalue weighted by molar-refractivity contribution is -0.0399. The number of imidazole rings is 1. The molecule has 1 saturated carbocycles. The van der Waals surface area contributed by atoms with E-state index in [2.05, 4.69) is 20.3 Å². The molecule has 0 saturated heterocycles. The van der Waals surface area contributed by atoms with E-state index < -0.39 is 5.92 Å². The second kappa shape index (κ2) is 6.26. The summed E-state index contributed by atoms with van der Waals surface area (Å²) in [6.45, 7) is 1.78. The van der Waals surface area contributed by atoms with Gasteiger partial charge >= 0.3 is 0 Å². The molecule has 24 heavy (non-hydrogen) atoms. The van der Waals surface area contributed by atoms with E-state index in [1.54, 1.807) is 30.1 Å². The average Bonchev–Trinajstić information content (AvgIpc) is 2.95. The molecule has 128 valence electrons. The molecule has 2 heterocycles. The van der Waals surface area contributed by atoms with E-state index in [0.29, 0.717) is 17.2 Å². The lowest BCUT2D eigenvalue weighted by atomic mass is 9.92. The Balaban J connectivity index is 1.76. The van der Waals surface area contributed by atoms with Crippen LogP contribution in [0.2, 0.25) is 0 Å². The molecule has 1 N–H and O–H groups in total. The Morgan fingerprint density at radius 2 is 2.04 bits per heavy atom. The number of halogens is 2. The van der Waals surface area contributed by atoms with Crippen molar-refractivity contribution < 1.29 is 13.6 Å². The first-order valence-electron chi connectivity index (χ1n) is 7.85. The van der Waals surface area contributed by atoms with Gasteiger partial charge in [-0.3, -0.25) is 4.79 Å². The first-order chi connectivity index (χ1) is 11.3. The molecule has 1 aliphatic rings. The first kappa shape index (κ1) is 16.5. The van der Waals surface area contributed by atoms with E-state index in [1.807, 2.05) is 7.05 Å². The molecule has 0 atom stereocenters. The van der Waals surface area contributed by atoms with Gasteiger partial charge < -0.3 is 9.88 Å². The maximum atomic E-state index is 13.2. The summed E-state index contributed by atoms with van der Waals surface area (Å²) in [5.74, 6) is -2.56. The van der Waals surface area contributed by atoms with E-state index in [1.165, 1.54) is 0 Å². The van der Waals surface area contributed by atoms with Crippen molar-refractivity contribution in [3.05, 3.63) is 30.0 Å². The van der Waals surface area contributed by atoms with Crippen LogP contribution >= 0.6 is 0 Å². The topological polar surface area (TPSA) is 72.7 Å². The summed E-state index contributed by atoms with van der Waals surface area (Å²) >= 11 is 0. The Morgan fingerprint density at radius 3 is 2.67 bits per heavy atom. The number of carbonyl (C=O) groups is 1. The third-order valence-electron chi connectivity index (χ3n) is 4.18. The van der Waals surface area contributed by atoms with E-state index >= 15 is 0 Å². The molecule has 0 aromatic carbocycles. The predicted molar refractivity (Wildman–Crippen MR) is 83.6 cm³/mol. The van der Waals surface area contributed by atoms with Gasteiger partial charge in [0.1, 0.15) is 11.4 Å². The number of nitrogens with zero attached hydrogens (tertiary/aromatic N) is 4. The third-order valence-corrected chi connectivity index (χ3v) is 4.18. The summed E-state index contributed by atoms with van der Waals surface area (Å²) in [6, 6.07) is 1.35. The Morgan fingerprint density at radius 1 is 1.33 bits per heavy atom. The molecule has 0 spiro atoms. The maximum absolute atomic E-state index is 13.2. The molecule has 2 aromatic rings. The zero-order valence-electron chi connectivity index (χ0n) is 13.6. The summed E-state index contributed by atoms with van der Waals surface area (Å²) < 4.78 is 28.2. The summed E-state index contributed by atoms with van der Waals surface area (Å²) in [4.78, 5) is 25.1. The van der Waals surface area contributed by atoms with Crippen LogP contribution in [0.25, 0.3) is 11.5 Å². The zero-order chi connectivity index (χ0) is 17.3. The van der Waals surface area contributed by atoms with Crippen LogP contribution in [0.1, 0.15) is 41.9 Å². The van der Waals surface area contributed by atoms with Crippen molar-refractivity contribution in [3.63, 3.8) is 0 Å². The van der Waals surface area contributed by atoms with Crippen molar-refractivity contribution in [2.24, 2.45) is 7.05 Å². The number of rotatable bonds is 3. The van der Waals surface area contributed by atoms with E-state index in [-0.39, 0.29) is 43.3 Å². The number of aryl methyl sites for hydroxylation is 2. The van der Waals surface area contributed by atoms with Crippen LogP contribution in [0.3, 0.4) is 0 Å². The molecule has 8 heteroatoms. The van der Waals surface area contributed by atoms with Crippen LogP contribution in [0.4, 0.5) is 8.78 Å². The highest BCUT2D eigenvalue weighted by Gasteiger charge is 2.35. The first-order valence-corrected chi connectivity index (χ1v) is 7.85. The lowest BCUT2D eigenvalue weighted by Crippen LogP contribution is -2.40. The number of hydrogen-bond acceptors (Lipinski definition) is 4. The van der Waals surface area contributed by atoms with Crippen LogP contribution < -0.4 is 5.32 Å². The normalized spacial score (nSPS) is 17.7. The maximum Gasteiger partial charge on any atom is 0.270 e. The van der Waals surface area contributed by atoms with Gasteiger partial charge in [-0.25, -0.2) is 23.7 Å². The highest BCUT2D eigenvalue weighted by atomic mass is 19.3. The Labute approximate surface area is 138 Å². The van der Waals surface area contributed by atoms with Crippen LogP contribution in [-0.2, 0) is 7.05 Å². The van der Waals surface area contributed by atoms with Gasteiger partial charge in [0.2, 0.25) is 5.92 Å². The summed E-state index contributed by atoms with van der Waals surface area (Å²) in [7, 11) is 1.82. The summed E-state index contributed by atoms with van der Waals surface area (Å²) in [5.41, 5.74) is 1.59. The highest BCUT2D eigenvalue weighted by Crippen LogP contribution is 2.33. The number of aromatic nitrogens is 4. The third kappa shape index (κ3) is 3.58. The largest absolute Gasteiger partial charge is 0.348 e. The van der Waals surface area contributed by atoms with Crippen LogP contribution in [-0.4, -0.2) is 37.4 Å². The second-order valence-electron chi connectivity index (χ2n) is 6.21. The number of nitrogens with one attached hydrogen (secondary N) is 1. The molecular weight excluding hydrogens is 316 g/mol. The van der Waals surface area contributed by atoms with Gasteiger partial charge in [0.05, 0.1) is 12.5 Å². The van der Waals surface area contributed by atoms with Crippen molar-refractivity contribution in [3.8, 4) is 11.5 Å². The number of amides is 1. The van der Waals surface area contributed by atoms with Crippen LogP contribution in [0.15, 0.2) is 18.6 Å². The second-order valence-corrected chi connectivity index (χ2v) is 6.21. The highest BCUT2D eigenvalue weighted by molar-refractivity contribution is 5.92. The quantitative estimate of drug-likeness (QED) is 0.935. The van der Waals surface area contributed by atoms with Gasteiger partial charge in [0, 0.05) is 31.6 Å². The van der Waals surface area contributed by atoms with E-state index in [4.69, 9.17) is 0 Å². The Bertz CT molecular complexity index is 749. The fraction of sp³-hybridized carbons (Fsp3) is 0.500. The SMILES string of the molecule is Cc1cc(C(=O)NC2CCC(F)(F)CC2)nc(-c2cncn2C)n1. The molecule has 1 aliphatic carbocycles. The number of carbonyl (C=O) groups excluding carboxylic acids is 1.